The van der Waals surface area contributed by atoms with Crippen molar-refractivity contribution < 1.29 is 32.4 Å². The highest BCUT2D eigenvalue weighted by molar-refractivity contribution is 5.92. The minimum atomic E-state index is -4.81. The van der Waals surface area contributed by atoms with Gasteiger partial charge in [0.1, 0.15) is 17.2 Å². The number of nitro groups is 1. The predicted octanol–water partition coefficient (Wildman–Crippen LogP) is 3.65. The molecule has 0 aromatic heterocycles. The van der Waals surface area contributed by atoms with Gasteiger partial charge >= 0.3 is 12.4 Å². The minimum Gasteiger partial charge on any atom is -0.496 e. The number of carbonyl (C=O) groups excluding carboxylic acids is 1. The van der Waals surface area contributed by atoms with E-state index in [2.05, 4.69) is 20.9 Å². The molecule has 0 aliphatic carbocycles. The first-order valence-electron chi connectivity index (χ1n) is 7.19. The first kappa shape index (κ1) is 19.6. The molecule has 144 valence electrons. The van der Waals surface area contributed by atoms with Crippen molar-refractivity contribution in [2.45, 2.75) is 6.36 Å². The van der Waals surface area contributed by atoms with Crippen molar-refractivity contribution in [3.8, 4) is 11.5 Å². The van der Waals surface area contributed by atoms with E-state index in [4.69, 9.17) is 4.74 Å². The number of anilines is 2. The quantitative estimate of drug-likeness (QED) is 0.516. The summed E-state index contributed by atoms with van der Waals surface area (Å²) >= 11 is 0. The number of methoxy groups -OCH3 is 1. The summed E-state index contributed by atoms with van der Waals surface area (Å²) in [6.07, 6.45) is -4.81. The Hall–Kier alpha value is -3.70. The van der Waals surface area contributed by atoms with Gasteiger partial charge in [-0.3, -0.25) is 21.0 Å². The first-order chi connectivity index (χ1) is 12.7. The number of hydrogen-bond donors (Lipinski definition) is 3. The standard InChI is InChI=1S/C15H13F3N4O5/c1-26-11-6-7-12(13(8-11)22(24)25)19-14(23)21-20-9-2-4-10(5-3-9)27-15(16,17)18/h2-8,20H,1H3,(H2,19,21,23). The molecular weight excluding hydrogens is 373 g/mol. The van der Waals surface area contributed by atoms with E-state index >= 15 is 0 Å². The highest BCUT2D eigenvalue weighted by atomic mass is 19.4. The van der Waals surface area contributed by atoms with Crippen molar-refractivity contribution in [1.29, 1.82) is 0 Å². The summed E-state index contributed by atoms with van der Waals surface area (Å²) < 4.78 is 44.8. The van der Waals surface area contributed by atoms with Crippen LogP contribution in [0.2, 0.25) is 0 Å². The van der Waals surface area contributed by atoms with E-state index in [0.717, 1.165) is 18.2 Å². The van der Waals surface area contributed by atoms with Gasteiger partial charge in [0.05, 0.1) is 23.8 Å². The minimum absolute atomic E-state index is 0.0750. The van der Waals surface area contributed by atoms with E-state index in [9.17, 15) is 28.1 Å². The molecule has 0 radical (unpaired) electrons. The van der Waals surface area contributed by atoms with Crippen LogP contribution < -0.4 is 25.6 Å². The van der Waals surface area contributed by atoms with Crippen molar-refractivity contribution >= 4 is 23.1 Å². The van der Waals surface area contributed by atoms with Gasteiger partial charge in [-0.15, -0.1) is 13.2 Å². The van der Waals surface area contributed by atoms with E-state index < -0.39 is 23.1 Å². The van der Waals surface area contributed by atoms with Crippen molar-refractivity contribution in [1.82, 2.24) is 5.43 Å². The molecule has 9 nitrogen and oxygen atoms in total. The number of amides is 2. The molecule has 0 saturated heterocycles. The maximum Gasteiger partial charge on any atom is 0.573 e. The monoisotopic (exact) mass is 386 g/mol. The summed E-state index contributed by atoms with van der Waals surface area (Å²) in [6.45, 7) is 0. The number of halogens is 3. The smallest absolute Gasteiger partial charge is 0.496 e. The van der Waals surface area contributed by atoms with E-state index in [1.54, 1.807) is 0 Å². The Labute approximate surface area is 150 Å². The molecule has 3 N–H and O–H groups in total. The Morgan fingerprint density at radius 3 is 2.30 bits per heavy atom. The van der Waals surface area contributed by atoms with E-state index in [0.29, 0.717) is 0 Å². The van der Waals surface area contributed by atoms with Gasteiger partial charge in [-0.2, -0.15) is 0 Å². The molecule has 0 fully saturated rings. The molecule has 27 heavy (non-hydrogen) atoms. The zero-order valence-corrected chi connectivity index (χ0v) is 13.7. The van der Waals surface area contributed by atoms with Gasteiger partial charge in [0.15, 0.2) is 0 Å². The summed E-state index contributed by atoms with van der Waals surface area (Å²) in [6, 6.07) is 7.58. The number of benzene rings is 2. The molecule has 0 saturated carbocycles. The van der Waals surface area contributed by atoms with Crippen molar-refractivity contribution in [3.05, 3.63) is 52.6 Å². The topological polar surface area (TPSA) is 115 Å². The van der Waals surface area contributed by atoms with Crippen molar-refractivity contribution in [3.63, 3.8) is 0 Å². The summed E-state index contributed by atoms with van der Waals surface area (Å²) in [5, 5.41) is 13.3. The summed E-state index contributed by atoms with van der Waals surface area (Å²) in [5.41, 5.74) is 4.43. The third-order valence-corrected chi connectivity index (χ3v) is 3.06. The summed E-state index contributed by atoms with van der Waals surface area (Å²) in [4.78, 5) is 22.2. The Balaban J connectivity index is 1.96. The van der Waals surface area contributed by atoms with Crippen LogP contribution in [0.3, 0.4) is 0 Å². The van der Waals surface area contributed by atoms with Crippen LogP contribution in [0, 0.1) is 10.1 Å². The molecule has 2 rings (SSSR count). The second kappa shape index (κ2) is 8.12. The van der Waals surface area contributed by atoms with Crippen LogP contribution >= 0.6 is 0 Å². The Kier molecular flexibility index (Phi) is 5.90. The fraction of sp³-hybridized carbons (Fsp3) is 0.133. The molecule has 2 aromatic carbocycles. The number of hydrazine groups is 1. The Morgan fingerprint density at radius 2 is 1.74 bits per heavy atom. The number of ether oxygens (including phenoxy) is 2. The third-order valence-electron chi connectivity index (χ3n) is 3.06. The average Bonchev–Trinajstić information content (AvgIpc) is 2.60. The number of urea groups is 1. The fourth-order valence-electron chi connectivity index (χ4n) is 1.92. The van der Waals surface area contributed by atoms with Gasteiger partial charge in [0, 0.05) is 0 Å². The normalized spacial score (nSPS) is 10.7. The lowest BCUT2D eigenvalue weighted by atomic mass is 10.2. The molecule has 0 atom stereocenters. The lowest BCUT2D eigenvalue weighted by molar-refractivity contribution is -0.384. The predicted molar refractivity (Wildman–Crippen MR) is 88.6 cm³/mol. The van der Waals surface area contributed by atoms with Gasteiger partial charge in [-0.1, -0.05) is 0 Å². The van der Waals surface area contributed by atoms with Crippen molar-refractivity contribution in [2.24, 2.45) is 0 Å². The van der Waals surface area contributed by atoms with Gasteiger partial charge in [-0.25, -0.2) is 4.79 Å². The van der Waals surface area contributed by atoms with Crippen LogP contribution in [0.15, 0.2) is 42.5 Å². The fourth-order valence-corrected chi connectivity index (χ4v) is 1.92. The molecule has 0 aliphatic rings. The first-order valence-corrected chi connectivity index (χ1v) is 7.19. The molecule has 0 spiro atoms. The van der Waals surface area contributed by atoms with Crippen LogP contribution in [0.25, 0.3) is 0 Å². The Morgan fingerprint density at radius 1 is 1.11 bits per heavy atom. The summed E-state index contributed by atoms with van der Waals surface area (Å²) in [5.74, 6) is -0.182. The Bertz CT molecular complexity index is 827. The highest BCUT2D eigenvalue weighted by Crippen LogP contribution is 2.29. The SMILES string of the molecule is COc1ccc(NC(=O)NNc2ccc(OC(F)(F)F)cc2)c([N+](=O)[O-])c1. The van der Waals surface area contributed by atoms with Gasteiger partial charge < -0.3 is 14.8 Å². The van der Waals surface area contributed by atoms with Gasteiger partial charge in [0.25, 0.3) is 5.69 Å². The number of alkyl halides is 3. The number of nitro benzene ring substituents is 1. The molecule has 2 aromatic rings. The zero-order chi connectivity index (χ0) is 20.0. The van der Waals surface area contributed by atoms with E-state index in [1.165, 1.54) is 31.4 Å². The zero-order valence-electron chi connectivity index (χ0n) is 13.7. The molecule has 0 heterocycles. The number of nitrogens with one attached hydrogen (secondary N) is 3. The molecule has 0 unspecified atom stereocenters. The van der Waals surface area contributed by atoms with Crippen LogP contribution in [0.1, 0.15) is 0 Å². The molecule has 0 aliphatic heterocycles. The van der Waals surface area contributed by atoms with Crippen LogP contribution in [-0.2, 0) is 0 Å². The second-order valence-corrected chi connectivity index (χ2v) is 4.92. The van der Waals surface area contributed by atoms with Crippen LogP contribution in [0.4, 0.5) is 35.0 Å². The third kappa shape index (κ3) is 5.95. The molecular formula is C15H13F3N4O5. The molecule has 0 bridgehead atoms. The summed E-state index contributed by atoms with van der Waals surface area (Å²) in [7, 11) is 1.34. The number of hydrogen-bond acceptors (Lipinski definition) is 6. The lowest BCUT2D eigenvalue weighted by Crippen LogP contribution is -2.33. The van der Waals surface area contributed by atoms with Gasteiger partial charge in [0.2, 0.25) is 0 Å². The lowest BCUT2D eigenvalue weighted by Gasteiger charge is -2.12. The van der Waals surface area contributed by atoms with Crippen molar-refractivity contribution in [2.75, 3.05) is 17.9 Å². The maximum absolute atomic E-state index is 12.1. The molecule has 12 heteroatoms. The second-order valence-electron chi connectivity index (χ2n) is 4.92. The van der Waals surface area contributed by atoms with E-state index in [1.807, 2.05) is 0 Å². The number of rotatable bonds is 6. The maximum atomic E-state index is 12.1. The molecule has 2 amide bonds. The van der Waals surface area contributed by atoms with E-state index in [-0.39, 0.29) is 22.8 Å². The average molecular weight is 386 g/mol. The largest absolute Gasteiger partial charge is 0.573 e. The number of carbonyl (C=O) groups is 1. The van der Waals surface area contributed by atoms with Crippen LogP contribution in [0.5, 0.6) is 11.5 Å². The van der Waals surface area contributed by atoms with Gasteiger partial charge in [-0.05, 0) is 36.4 Å². The highest BCUT2D eigenvalue weighted by Gasteiger charge is 2.30. The number of nitrogens with zero attached hydrogens (tertiary/aromatic N) is 1. The van der Waals surface area contributed by atoms with Crippen LogP contribution in [-0.4, -0.2) is 24.4 Å².